The maximum Gasteiger partial charge on any atom is 0.319 e. The van der Waals surface area contributed by atoms with E-state index in [-0.39, 0.29) is 47.5 Å². The van der Waals surface area contributed by atoms with E-state index < -0.39 is 17.5 Å². The number of ether oxygens (including phenoxy) is 2. The number of anilines is 1. The minimum Gasteiger partial charge on any atom is -0.508 e. The minimum atomic E-state index is -0.885. The standard InChI is InChI=1S/C34H36F2N6O3/c1-2-18-5-3-6-19-11-22(43)12-23(26(18)19)29-28(36)30-27-31(42-15-21-7-8-24(37-21)25(42)16-44-32(27)38-29)40-33(39-30)45-17-34-9-4-10-41(34)14-20(35)13-34/h3,5-6,11-12,20-21,24-25,37,43H,2,4,7-10,13-17H2,1H3/t20-,21-,24+,25-,34-/m0/s1. The van der Waals surface area contributed by atoms with Gasteiger partial charge in [-0.2, -0.15) is 9.97 Å². The third kappa shape index (κ3) is 4.19. The van der Waals surface area contributed by atoms with Crippen molar-refractivity contribution in [2.45, 2.75) is 75.3 Å². The molecule has 234 valence electrons. The molecule has 11 heteroatoms. The second kappa shape index (κ2) is 10.1. The molecular formula is C34H36F2N6O3. The summed E-state index contributed by atoms with van der Waals surface area (Å²) in [5, 5.41) is 16.5. The number of nitrogens with one attached hydrogen (secondary N) is 1. The molecule has 4 aromatic rings. The quantitative estimate of drug-likeness (QED) is 0.325. The Balaban J connectivity index is 1.24. The van der Waals surface area contributed by atoms with Crippen LogP contribution in [-0.4, -0.2) is 87.6 Å². The highest BCUT2D eigenvalue weighted by atomic mass is 19.1. The predicted molar refractivity (Wildman–Crippen MR) is 166 cm³/mol. The number of nitrogens with zero attached hydrogens (tertiary/aromatic N) is 5. The number of phenols is 1. The molecule has 4 saturated heterocycles. The smallest absolute Gasteiger partial charge is 0.319 e. The molecule has 5 atom stereocenters. The molecule has 2 aromatic heterocycles. The number of fused-ring (bicyclic) bond motifs is 7. The average molecular weight is 615 g/mol. The molecule has 5 aliphatic heterocycles. The predicted octanol–water partition coefficient (Wildman–Crippen LogP) is 4.91. The first-order valence-corrected chi connectivity index (χ1v) is 16.2. The largest absolute Gasteiger partial charge is 0.508 e. The van der Waals surface area contributed by atoms with Crippen molar-refractivity contribution in [3.63, 3.8) is 0 Å². The number of aromatic hydroxyl groups is 1. The highest BCUT2D eigenvalue weighted by Crippen LogP contribution is 2.45. The fraction of sp³-hybridized carbons (Fsp3) is 0.500. The van der Waals surface area contributed by atoms with Crippen LogP contribution in [0.5, 0.6) is 17.6 Å². The summed E-state index contributed by atoms with van der Waals surface area (Å²) in [5.41, 5.74) is 1.24. The van der Waals surface area contributed by atoms with Crippen LogP contribution < -0.4 is 19.7 Å². The van der Waals surface area contributed by atoms with E-state index in [2.05, 4.69) is 20.1 Å². The number of phenolic OH excluding ortho intramolecular Hbond substituents is 1. The molecule has 0 radical (unpaired) electrons. The van der Waals surface area contributed by atoms with E-state index in [1.807, 2.05) is 25.1 Å². The first-order valence-electron chi connectivity index (χ1n) is 16.2. The molecule has 2 bridgehead atoms. The monoisotopic (exact) mass is 614 g/mol. The fourth-order valence-corrected chi connectivity index (χ4v) is 8.78. The number of halogens is 2. The zero-order chi connectivity index (χ0) is 30.4. The zero-order valence-corrected chi connectivity index (χ0v) is 25.2. The van der Waals surface area contributed by atoms with Gasteiger partial charge < -0.3 is 24.8 Å². The van der Waals surface area contributed by atoms with Crippen molar-refractivity contribution in [3.05, 3.63) is 41.7 Å². The Morgan fingerprint density at radius 1 is 1.16 bits per heavy atom. The lowest BCUT2D eigenvalue weighted by atomic mass is 9.95. The number of aryl methyl sites for hydroxylation is 1. The van der Waals surface area contributed by atoms with Crippen LogP contribution in [0.1, 0.15) is 44.6 Å². The zero-order valence-electron chi connectivity index (χ0n) is 25.2. The van der Waals surface area contributed by atoms with E-state index in [1.165, 1.54) is 0 Å². The van der Waals surface area contributed by atoms with Crippen molar-refractivity contribution >= 4 is 27.5 Å². The third-order valence-corrected chi connectivity index (χ3v) is 10.8. The van der Waals surface area contributed by atoms with Gasteiger partial charge in [0.05, 0.1) is 11.6 Å². The Hall–Kier alpha value is -3.83. The van der Waals surface area contributed by atoms with Gasteiger partial charge >= 0.3 is 6.01 Å². The van der Waals surface area contributed by atoms with E-state index >= 15 is 4.39 Å². The number of benzene rings is 2. The van der Waals surface area contributed by atoms with E-state index in [4.69, 9.17) is 19.4 Å². The number of aromatic nitrogens is 3. The molecule has 0 aliphatic carbocycles. The molecule has 2 N–H and O–H groups in total. The van der Waals surface area contributed by atoms with Crippen LogP contribution in [-0.2, 0) is 6.42 Å². The van der Waals surface area contributed by atoms with Gasteiger partial charge in [0.2, 0.25) is 5.88 Å². The summed E-state index contributed by atoms with van der Waals surface area (Å²) in [6, 6.07) is 9.68. The lowest BCUT2D eigenvalue weighted by Crippen LogP contribution is -2.60. The molecule has 0 unspecified atom stereocenters. The van der Waals surface area contributed by atoms with E-state index in [1.54, 1.807) is 12.1 Å². The maximum absolute atomic E-state index is 17.0. The summed E-state index contributed by atoms with van der Waals surface area (Å²) in [5.74, 6) is 0.240. The van der Waals surface area contributed by atoms with Crippen LogP contribution in [0.3, 0.4) is 0 Å². The number of rotatable bonds is 5. The van der Waals surface area contributed by atoms with Gasteiger partial charge in [0.25, 0.3) is 0 Å². The van der Waals surface area contributed by atoms with E-state index in [0.717, 1.165) is 55.0 Å². The minimum absolute atomic E-state index is 0.0187. The van der Waals surface area contributed by atoms with Crippen LogP contribution in [0.25, 0.3) is 32.9 Å². The molecule has 2 aromatic carbocycles. The summed E-state index contributed by atoms with van der Waals surface area (Å²) >= 11 is 0. The average Bonchev–Trinajstić information content (AvgIpc) is 3.67. The van der Waals surface area contributed by atoms with Crippen molar-refractivity contribution in [1.82, 2.24) is 25.2 Å². The molecule has 0 saturated carbocycles. The molecule has 45 heavy (non-hydrogen) atoms. The van der Waals surface area contributed by atoms with Gasteiger partial charge in [-0.15, -0.1) is 0 Å². The van der Waals surface area contributed by atoms with E-state index in [0.29, 0.717) is 48.9 Å². The molecule has 9 nitrogen and oxygen atoms in total. The lowest BCUT2D eigenvalue weighted by Gasteiger charge is -2.40. The topological polar surface area (TPSA) is 95.9 Å². The van der Waals surface area contributed by atoms with Crippen LogP contribution in [0.4, 0.5) is 14.6 Å². The van der Waals surface area contributed by atoms with E-state index in [9.17, 15) is 9.50 Å². The van der Waals surface area contributed by atoms with Crippen LogP contribution in [0, 0.1) is 5.82 Å². The molecule has 4 fully saturated rings. The second-order valence-corrected chi connectivity index (χ2v) is 13.4. The number of pyridine rings is 1. The van der Waals surface area contributed by atoms with Gasteiger partial charge in [-0.1, -0.05) is 25.1 Å². The van der Waals surface area contributed by atoms with Crippen molar-refractivity contribution in [2.24, 2.45) is 0 Å². The molecular weight excluding hydrogens is 578 g/mol. The van der Waals surface area contributed by atoms with Crippen molar-refractivity contribution in [3.8, 4) is 28.9 Å². The number of hydrogen-bond donors (Lipinski definition) is 2. The van der Waals surface area contributed by atoms with Gasteiger partial charge in [0.1, 0.15) is 47.5 Å². The van der Waals surface area contributed by atoms with Gasteiger partial charge in [0, 0.05) is 37.2 Å². The molecule has 9 rings (SSSR count). The molecule has 5 aliphatic rings. The Labute approximate surface area is 259 Å². The summed E-state index contributed by atoms with van der Waals surface area (Å²) in [6.07, 6.45) is 4.18. The van der Waals surface area contributed by atoms with Crippen molar-refractivity contribution < 1.29 is 23.4 Å². The third-order valence-electron chi connectivity index (χ3n) is 10.8. The normalized spacial score (nSPS) is 28.7. The Morgan fingerprint density at radius 3 is 2.96 bits per heavy atom. The number of piperazine rings is 1. The highest BCUT2D eigenvalue weighted by Gasteiger charge is 2.50. The summed E-state index contributed by atoms with van der Waals surface area (Å²) in [7, 11) is 0. The van der Waals surface area contributed by atoms with Gasteiger partial charge in [-0.25, -0.2) is 13.8 Å². The van der Waals surface area contributed by atoms with Crippen LogP contribution in [0.2, 0.25) is 0 Å². The van der Waals surface area contributed by atoms with Gasteiger partial charge in [-0.05, 0) is 67.1 Å². The lowest BCUT2D eigenvalue weighted by molar-refractivity contribution is 0.107. The number of hydrogen-bond acceptors (Lipinski definition) is 9. The Kier molecular flexibility index (Phi) is 6.16. The second-order valence-electron chi connectivity index (χ2n) is 13.4. The Morgan fingerprint density at radius 2 is 2.07 bits per heavy atom. The summed E-state index contributed by atoms with van der Waals surface area (Å²) < 4.78 is 44.3. The van der Waals surface area contributed by atoms with Gasteiger partial charge in [-0.3, -0.25) is 4.90 Å². The highest BCUT2D eigenvalue weighted by molar-refractivity contribution is 6.03. The van der Waals surface area contributed by atoms with Gasteiger partial charge in [0.15, 0.2) is 5.82 Å². The first-order chi connectivity index (χ1) is 21.9. The maximum atomic E-state index is 17.0. The molecule has 0 spiro atoms. The number of alkyl halides is 1. The molecule has 0 amide bonds. The van der Waals surface area contributed by atoms with Crippen molar-refractivity contribution in [1.29, 1.82) is 0 Å². The van der Waals surface area contributed by atoms with Crippen LogP contribution >= 0.6 is 0 Å². The molecule has 7 heterocycles. The first kappa shape index (κ1) is 27.5. The fourth-order valence-electron chi connectivity index (χ4n) is 8.78. The summed E-state index contributed by atoms with van der Waals surface area (Å²) in [4.78, 5) is 18.8. The SMILES string of the molecule is CCc1cccc2cc(O)cc(-c3nc4c5c(nc(OC[C@@]67CCCN6C[C@@H](F)C7)nc5c3F)N3C[C@@H]5CC[C@@H](N5)[C@@H]3CO4)c12. The summed E-state index contributed by atoms with van der Waals surface area (Å²) in [6.45, 7) is 4.63. The van der Waals surface area contributed by atoms with Crippen LogP contribution in [0.15, 0.2) is 30.3 Å². The van der Waals surface area contributed by atoms with Crippen molar-refractivity contribution in [2.75, 3.05) is 37.7 Å². The Bertz CT molecular complexity index is 1860.